The maximum absolute atomic E-state index is 5.09. The largest absolute Gasteiger partial charge is 0.358 e. The maximum Gasteiger partial charge on any atom is 0.187 e. The van der Waals surface area contributed by atoms with Crippen molar-refractivity contribution in [3.05, 3.63) is 24.3 Å². The first-order valence-electron chi connectivity index (χ1n) is 5.58. The second-order valence-electron chi connectivity index (χ2n) is 4.51. The molecule has 0 aromatic rings. The number of fused-ring (bicyclic) bond motifs is 1. The van der Waals surface area contributed by atoms with E-state index in [2.05, 4.69) is 34.6 Å². The second kappa shape index (κ2) is 4.78. The van der Waals surface area contributed by atoms with Gasteiger partial charge in [-0.3, -0.25) is 5.43 Å². The fourth-order valence-electron chi connectivity index (χ4n) is 2.05. The molecule has 0 spiro atoms. The molecule has 1 fully saturated rings. The maximum atomic E-state index is 5.09. The van der Waals surface area contributed by atoms with Gasteiger partial charge in [0.05, 0.1) is 0 Å². The number of rotatable bonds is 3. The van der Waals surface area contributed by atoms with Crippen LogP contribution in [-0.4, -0.2) is 17.4 Å². The van der Waals surface area contributed by atoms with Gasteiger partial charge in [0, 0.05) is 18.2 Å². The van der Waals surface area contributed by atoms with Crippen LogP contribution in [0, 0.1) is 11.8 Å². The Labute approximate surface area is 102 Å². The van der Waals surface area contributed by atoms with Crippen LogP contribution in [0.5, 0.6) is 0 Å². The Balaban J connectivity index is 1.74. The zero-order valence-corrected chi connectivity index (χ0v) is 10.3. The van der Waals surface area contributed by atoms with Gasteiger partial charge in [0.25, 0.3) is 0 Å². The summed E-state index contributed by atoms with van der Waals surface area (Å²) in [5.74, 6) is 1.37. The van der Waals surface area contributed by atoms with Gasteiger partial charge in [0.2, 0.25) is 0 Å². The molecular weight excluding hydrogens is 218 g/mol. The van der Waals surface area contributed by atoms with Gasteiger partial charge in [-0.05, 0) is 37.9 Å². The van der Waals surface area contributed by atoms with Gasteiger partial charge in [-0.15, -0.1) is 0 Å². The molecule has 0 aliphatic heterocycles. The zero-order chi connectivity index (χ0) is 11.5. The Hall–Kier alpha value is -1.16. The van der Waals surface area contributed by atoms with E-state index in [9.17, 15) is 0 Å². The Kier molecular flexibility index (Phi) is 3.39. The molecule has 2 atom stereocenters. The van der Waals surface area contributed by atoms with Crippen molar-refractivity contribution in [2.24, 2.45) is 16.9 Å². The molecule has 0 aromatic carbocycles. The zero-order valence-electron chi connectivity index (χ0n) is 9.49. The van der Waals surface area contributed by atoms with Gasteiger partial charge < -0.3 is 5.32 Å². The van der Waals surface area contributed by atoms with E-state index in [-0.39, 0.29) is 0 Å². The molecule has 0 heterocycles. The highest BCUT2D eigenvalue weighted by atomic mass is 32.1. The van der Waals surface area contributed by atoms with Crippen molar-refractivity contribution < 1.29 is 0 Å². The van der Waals surface area contributed by atoms with Crippen LogP contribution in [-0.2, 0) is 0 Å². The average molecular weight is 235 g/mol. The van der Waals surface area contributed by atoms with E-state index < -0.39 is 0 Å². The third kappa shape index (κ3) is 2.50. The van der Waals surface area contributed by atoms with Crippen molar-refractivity contribution in [3.8, 4) is 0 Å². The van der Waals surface area contributed by atoms with E-state index in [1.807, 2.05) is 6.92 Å². The number of hydrogen-bond acceptors (Lipinski definition) is 2. The van der Waals surface area contributed by atoms with Crippen molar-refractivity contribution in [2.45, 2.75) is 19.8 Å². The Morgan fingerprint density at radius 2 is 2.50 bits per heavy atom. The molecule has 3 nitrogen and oxygen atoms in total. The lowest BCUT2D eigenvalue weighted by Crippen LogP contribution is -2.38. The predicted molar refractivity (Wildman–Crippen MR) is 71.3 cm³/mol. The number of nitrogens with one attached hydrogen (secondary N) is 2. The SMILES string of the molecule is C=C(C)CNC(=S)N/N=C1/C[C@@H]2CC=C[C@@H]12. The highest BCUT2D eigenvalue weighted by Gasteiger charge is 2.37. The fraction of sp³-hybridized carbons (Fsp3) is 0.500. The molecule has 86 valence electrons. The summed E-state index contributed by atoms with van der Waals surface area (Å²) in [5, 5.41) is 7.94. The number of thiocarbonyl (C=S) groups is 1. The molecule has 2 N–H and O–H groups in total. The third-order valence-corrected chi connectivity index (χ3v) is 3.23. The van der Waals surface area contributed by atoms with Crippen LogP contribution in [0.2, 0.25) is 0 Å². The molecule has 2 aliphatic carbocycles. The van der Waals surface area contributed by atoms with E-state index in [0.717, 1.165) is 17.9 Å². The highest BCUT2D eigenvalue weighted by molar-refractivity contribution is 7.80. The van der Waals surface area contributed by atoms with E-state index in [1.165, 1.54) is 12.1 Å². The van der Waals surface area contributed by atoms with Crippen molar-refractivity contribution in [3.63, 3.8) is 0 Å². The van der Waals surface area contributed by atoms with Crippen molar-refractivity contribution in [1.29, 1.82) is 0 Å². The summed E-state index contributed by atoms with van der Waals surface area (Å²) in [5.41, 5.74) is 5.16. The van der Waals surface area contributed by atoms with Crippen LogP contribution in [0.1, 0.15) is 19.8 Å². The standard InChI is InChI=1S/C12H17N3S/c1-8(2)7-13-12(16)15-14-11-6-9-4-3-5-10(9)11/h3,5,9-10H,1,4,6-7H2,2H3,(H2,13,15,16)/b14-11-/t9-,10+/m0/s1. The van der Waals surface area contributed by atoms with Gasteiger partial charge in [-0.25, -0.2) is 0 Å². The number of nitrogens with zero attached hydrogens (tertiary/aromatic N) is 1. The molecule has 2 aliphatic rings. The van der Waals surface area contributed by atoms with Gasteiger partial charge in [0.15, 0.2) is 5.11 Å². The van der Waals surface area contributed by atoms with Crippen LogP contribution in [0.4, 0.5) is 0 Å². The van der Waals surface area contributed by atoms with Gasteiger partial charge in [0.1, 0.15) is 0 Å². The molecule has 4 heteroatoms. The summed E-state index contributed by atoms with van der Waals surface area (Å²) < 4.78 is 0. The number of allylic oxidation sites excluding steroid dienone is 2. The summed E-state index contributed by atoms with van der Waals surface area (Å²) in [6.45, 7) is 6.46. The lowest BCUT2D eigenvalue weighted by atomic mass is 9.74. The average Bonchev–Trinajstić information content (AvgIpc) is 2.57. The Morgan fingerprint density at radius 3 is 3.19 bits per heavy atom. The molecule has 0 unspecified atom stereocenters. The molecule has 0 saturated heterocycles. The smallest absolute Gasteiger partial charge is 0.187 e. The summed E-state index contributed by atoms with van der Waals surface area (Å²) >= 11 is 5.09. The van der Waals surface area contributed by atoms with E-state index in [0.29, 0.717) is 17.6 Å². The van der Waals surface area contributed by atoms with Crippen LogP contribution >= 0.6 is 12.2 Å². The van der Waals surface area contributed by atoms with Crippen molar-refractivity contribution in [1.82, 2.24) is 10.7 Å². The van der Waals surface area contributed by atoms with E-state index >= 15 is 0 Å². The van der Waals surface area contributed by atoms with Gasteiger partial charge >= 0.3 is 0 Å². The Bertz CT molecular complexity index is 370. The molecule has 1 saturated carbocycles. The minimum atomic E-state index is 0.566. The fourth-order valence-corrected chi connectivity index (χ4v) is 2.17. The lowest BCUT2D eigenvalue weighted by Gasteiger charge is -2.31. The van der Waals surface area contributed by atoms with Crippen LogP contribution < -0.4 is 10.7 Å². The highest BCUT2D eigenvalue weighted by Crippen LogP contribution is 2.39. The lowest BCUT2D eigenvalue weighted by molar-refractivity contribution is 0.444. The normalized spacial score (nSPS) is 28.4. The first-order chi connectivity index (χ1) is 7.66. The van der Waals surface area contributed by atoms with Gasteiger partial charge in [-0.2, -0.15) is 5.10 Å². The molecule has 16 heavy (non-hydrogen) atoms. The quantitative estimate of drug-likeness (QED) is 0.446. The number of hydrazone groups is 1. The first-order valence-corrected chi connectivity index (χ1v) is 5.99. The summed E-state index contributed by atoms with van der Waals surface area (Å²) in [6, 6.07) is 0. The minimum absolute atomic E-state index is 0.566. The topological polar surface area (TPSA) is 36.4 Å². The minimum Gasteiger partial charge on any atom is -0.358 e. The van der Waals surface area contributed by atoms with Crippen LogP contribution in [0.25, 0.3) is 0 Å². The molecule has 2 rings (SSSR count). The Morgan fingerprint density at radius 1 is 1.69 bits per heavy atom. The van der Waals surface area contributed by atoms with Crippen molar-refractivity contribution in [2.75, 3.05) is 6.54 Å². The summed E-state index contributed by atoms with van der Waals surface area (Å²) in [7, 11) is 0. The summed E-state index contributed by atoms with van der Waals surface area (Å²) in [4.78, 5) is 0. The molecular formula is C12H17N3S. The predicted octanol–water partition coefficient (Wildman–Crippen LogP) is 1.98. The third-order valence-electron chi connectivity index (χ3n) is 3.00. The first kappa shape index (κ1) is 11.3. The molecule has 0 aromatic heterocycles. The molecule has 0 radical (unpaired) electrons. The summed E-state index contributed by atoms with van der Waals surface area (Å²) in [6.07, 6.45) is 6.81. The number of hydrogen-bond donors (Lipinski definition) is 2. The van der Waals surface area contributed by atoms with Crippen molar-refractivity contribution >= 4 is 23.0 Å². The molecule has 0 amide bonds. The van der Waals surface area contributed by atoms with E-state index in [1.54, 1.807) is 0 Å². The van der Waals surface area contributed by atoms with E-state index in [4.69, 9.17) is 12.2 Å². The monoisotopic (exact) mass is 235 g/mol. The second-order valence-corrected chi connectivity index (χ2v) is 4.92. The van der Waals surface area contributed by atoms with Gasteiger partial charge in [-0.1, -0.05) is 24.3 Å². The van der Waals surface area contributed by atoms with Crippen LogP contribution in [0.15, 0.2) is 29.4 Å². The molecule has 0 bridgehead atoms. The van der Waals surface area contributed by atoms with Crippen LogP contribution in [0.3, 0.4) is 0 Å².